The predicted molar refractivity (Wildman–Crippen MR) is 71.0 cm³/mol. The van der Waals surface area contributed by atoms with Crippen molar-refractivity contribution in [1.29, 1.82) is 0 Å². The Morgan fingerprint density at radius 1 is 1.33 bits per heavy atom. The molecule has 2 amide bonds. The Hall–Kier alpha value is -1.99. The second-order valence-corrected chi connectivity index (χ2v) is 5.35. The first kappa shape index (κ1) is 12.7. The summed E-state index contributed by atoms with van der Waals surface area (Å²) in [6.45, 7) is 0.345. The molecule has 1 aromatic carbocycles. The molecule has 3 heterocycles. The van der Waals surface area contributed by atoms with E-state index >= 15 is 0 Å². The molecule has 7 heteroatoms. The van der Waals surface area contributed by atoms with E-state index in [4.69, 9.17) is 24.7 Å². The molecule has 4 rings (SSSR count). The first-order valence-corrected chi connectivity index (χ1v) is 6.85. The number of amides is 2. The zero-order valence-electron chi connectivity index (χ0n) is 11.5. The Morgan fingerprint density at radius 2 is 2.10 bits per heavy atom. The molecule has 0 unspecified atom stereocenters. The Kier molecular flexibility index (Phi) is 2.73. The van der Waals surface area contributed by atoms with E-state index in [1.54, 1.807) is 12.0 Å². The van der Waals surface area contributed by atoms with Gasteiger partial charge in [-0.15, -0.1) is 0 Å². The number of fused-ring (bicyclic) bond motifs is 4. The lowest BCUT2D eigenvalue weighted by atomic mass is 10.1. The fraction of sp³-hybridized carbons (Fsp3) is 0.500. The summed E-state index contributed by atoms with van der Waals surface area (Å²) in [6, 6.07) is 6.62. The minimum atomic E-state index is -0.503. The molecule has 7 nitrogen and oxygen atoms in total. The SMILES string of the molecule is CO[C@H]1O[C@H]2COc3ccccc3O[C@@H]2[C@H]2[C@@H]1N2C(N)=O. The topological polar surface area (TPSA) is 83.0 Å². The molecular weight excluding hydrogens is 276 g/mol. The van der Waals surface area contributed by atoms with Gasteiger partial charge in [-0.05, 0) is 12.1 Å². The van der Waals surface area contributed by atoms with Crippen LogP contribution in [0.5, 0.6) is 11.5 Å². The van der Waals surface area contributed by atoms with Crippen molar-refractivity contribution in [2.75, 3.05) is 13.7 Å². The molecule has 21 heavy (non-hydrogen) atoms. The average molecular weight is 292 g/mol. The quantitative estimate of drug-likeness (QED) is 0.754. The van der Waals surface area contributed by atoms with E-state index in [1.165, 1.54) is 0 Å². The number of hydrogen-bond acceptors (Lipinski definition) is 5. The van der Waals surface area contributed by atoms with E-state index in [1.807, 2.05) is 24.3 Å². The zero-order valence-corrected chi connectivity index (χ0v) is 11.5. The average Bonchev–Trinajstić information content (AvgIpc) is 3.24. The lowest BCUT2D eigenvalue weighted by molar-refractivity contribution is -0.197. The summed E-state index contributed by atoms with van der Waals surface area (Å²) in [5, 5.41) is 0. The number of benzene rings is 1. The Morgan fingerprint density at radius 3 is 2.81 bits per heavy atom. The van der Waals surface area contributed by atoms with Crippen molar-refractivity contribution in [3.05, 3.63) is 24.3 Å². The maximum absolute atomic E-state index is 11.5. The number of para-hydroxylation sites is 2. The molecule has 0 saturated carbocycles. The third-order valence-electron chi connectivity index (χ3n) is 4.20. The Balaban J connectivity index is 1.65. The second-order valence-electron chi connectivity index (χ2n) is 5.35. The van der Waals surface area contributed by atoms with Crippen molar-refractivity contribution in [2.45, 2.75) is 30.6 Å². The Labute approximate surface area is 121 Å². The van der Waals surface area contributed by atoms with Crippen LogP contribution in [0.25, 0.3) is 0 Å². The summed E-state index contributed by atoms with van der Waals surface area (Å²) in [5.41, 5.74) is 5.42. The maximum Gasteiger partial charge on any atom is 0.315 e. The minimum Gasteiger partial charge on any atom is -0.487 e. The van der Waals surface area contributed by atoms with E-state index in [9.17, 15) is 4.79 Å². The van der Waals surface area contributed by atoms with Crippen molar-refractivity contribution in [2.24, 2.45) is 5.73 Å². The van der Waals surface area contributed by atoms with E-state index in [0.29, 0.717) is 18.1 Å². The van der Waals surface area contributed by atoms with Crippen LogP contribution in [-0.2, 0) is 9.47 Å². The first-order chi connectivity index (χ1) is 10.2. The number of carbonyl (C=O) groups is 1. The summed E-state index contributed by atoms with van der Waals surface area (Å²) in [7, 11) is 1.55. The van der Waals surface area contributed by atoms with Gasteiger partial charge in [0.15, 0.2) is 23.9 Å². The monoisotopic (exact) mass is 292 g/mol. The van der Waals surface area contributed by atoms with Crippen LogP contribution in [0.1, 0.15) is 0 Å². The van der Waals surface area contributed by atoms with Crippen LogP contribution in [0, 0.1) is 0 Å². The molecule has 3 aliphatic rings. The summed E-state index contributed by atoms with van der Waals surface area (Å²) < 4.78 is 22.9. The van der Waals surface area contributed by atoms with E-state index in [0.717, 1.165) is 0 Å². The molecule has 5 atom stereocenters. The van der Waals surface area contributed by atoms with Gasteiger partial charge in [0.05, 0.1) is 6.04 Å². The van der Waals surface area contributed by atoms with E-state index in [2.05, 4.69) is 0 Å². The van der Waals surface area contributed by atoms with Gasteiger partial charge in [0.1, 0.15) is 18.8 Å². The molecule has 112 valence electrons. The summed E-state index contributed by atoms with van der Waals surface area (Å²) in [6.07, 6.45) is -1.12. The summed E-state index contributed by atoms with van der Waals surface area (Å²) in [4.78, 5) is 13.1. The van der Waals surface area contributed by atoms with Crippen LogP contribution in [-0.4, -0.2) is 55.2 Å². The van der Waals surface area contributed by atoms with Gasteiger partial charge in [0.25, 0.3) is 0 Å². The normalized spacial score (nSPS) is 36.2. The number of methoxy groups -OCH3 is 1. The number of nitrogens with zero attached hydrogens (tertiary/aromatic N) is 1. The van der Waals surface area contributed by atoms with Crippen LogP contribution >= 0.6 is 0 Å². The summed E-state index contributed by atoms with van der Waals surface area (Å²) in [5.74, 6) is 1.33. The number of primary amides is 1. The van der Waals surface area contributed by atoms with Crippen molar-refractivity contribution in [3.8, 4) is 11.5 Å². The highest BCUT2D eigenvalue weighted by molar-refractivity contribution is 5.76. The van der Waals surface area contributed by atoms with Crippen molar-refractivity contribution >= 4 is 6.03 Å². The number of ether oxygens (including phenoxy) is 4. The van der Waals surface area contributed by atoms with Crippen LogP contribution in [0.15, 0.2) is 24.3 Å². The van der Waals surface area contributed by atoms with Gasteiger partial charge in [-0.2, -0.15) is 0 Å². The molecule has 0 spiro atoms. The van der Waals surface area contributed by atoms with Gasteiger partial charge in [0.2, 0.25) is 0 Å². The van der Waals surface area contributed by atoms with Crippen LogP contribution < -0.4 is 15.2 Å². The highest BCUT2D eigenvalue weighted by Gasteiger charge is 2.66. The molecule has 0 radical (unpaired) electrons. The highest BCUT2D eigenvalue weighted by atomic mass is 16.7. The van der Waals surface area contributed by atoms with E-state index in [-0.39, 0.29) is 24.3 Å². The number of hydrogen-bond donors (Lipinski definition) is 1. The predicted octanol–water partition coefficient (Wildman–Crippen LogP) is 0.329. The molecule has 1 aromatic rings. The van der Waals surface area contributed by atoms with Gasteiger partial charge < -0.3 is 29.6 Å². The molecule has 0 aromatic heterocycles. The van der Waals surface area contributed by atoms with Crippen LogP contribution in [0.3, 0.4) is 0 Å². The standard InChI is InChI=1S/C14H16N2O5/c1-18-13-11-10(16(11)14(15)17)12-9(21-13)6-19-7-4-2-3-5-8(7)20-12/h2-5,9-13H,6H2,1H3,(H2,15,17)/t9-,10+,11-,12-,13-,16?/m0/s1. The van der Waals surface area contributed by atoms with Gasteiger partial charge in [-0.25, -0.2) is 4.79 Å². The number of urea groups is 1. The Bertz CT molecular complexity index is 580. The van der Waals surface area contributed by atoms with Gasteiger partial charge in [-0.1, -0.05) is 12.1 Å². The van der Waals surface area contributed by atoms with Gasteiger partial charge >= 0.3 is 6.03 Å². The van der Waals surface area contributed by atoms with Crippen molar-refractivity contribution < 1.29 is 23.7 Å². The zero-order chi connectivity index (χ0) is 14.6. The number of carbonyl (C=O) groups excluding carboxylic acids is 1. The molecule has 2 N–H and O–H groups in total. The summed E-state index contributed by atoms with van der Waals surface area (Å²) >= 11 is 0. The van der Waals surface area contributed by atoms with E-state index < -0.39 is 12.3 Å². The fourth-order valence-electron chi connectivity index (χ4n) is 3.22. The smallest absolute Gasteiger partial charge is 0.315 e. The minimum absolute atomic E-state index is 0.138. The number of nitrogens with two attached hydrogens (primary N) is 1. The lowest BCUT2D eigenvalue weighted by Crippen LogP contribution is -2.50. The molecule has 0 bridgehead atoms. The molecule has 0 aliphatic carbocycles. The molecule has 3 aliphatic heterocycles. The second kappa shape index (κ2) is 4.51. The largest absolute Gasteiger partial charge is 0.487 e. The van der Waals surface area contributed by atoms with Gasteiger partial charge in [-0.3, -0.25) is 0 Å². The molecule has 2 fully saturated rings. The number of rotatable bonds is 1. The third-order valence-corrected chi connectivity index (χ3v) is 4.20. The first-order valence-electron chi connectivity index (χ1n) is 6.85. The molecule has 2 saturated heterocycles. The lowest BCUT2D eigenvalue weighted by Gasteiger charge is -2.31. The highest BCUT2D eigenvalue weighted by Crippen LogP contribution is 2.45. The molecular formula is C14H16N2O5. The van der Waals surface area contributed by atoms with Crippen LogP contribution in [0.4, 0.5) is 4.79 Å². The van der Waals surface area contributed by atoms with Gasteiger partial charge in [0, 0.05) is 7.11 Å². The van der Waals surface area contributed by atoms with Crippen molar-refractivity contribution in [3.63, 3.8) is 0 Å². The third kappa shape index (κ3) is 1.85. The fourth-order valence-corrected chi connectivity index (χ4v) is 3.22. The maximum atomic E-state index is 11.5. The van der Waals surface area contributed by atoms with Crippen molar-refractivity contribution in [1.82, 2.24) is 4.90 Å². The van der Waals surface area contributed by atoms with Crippen LogP contribution in [0.2, 0.25) is 0 Å².